The molecule has 3 rings (SSSR count). The molecule has 0 aliphatic heterocycles. The van der Waals surface area contributed by atoms with Crippen LogP contribution in [-0.2, 0) is 13.1 Å². The summed E-state index contributed by atoms with van der Waals surface area (Å²) in [6, 6.07) is 10.5. The molecule has 0 amide bonds. The smallest absolute Gasteiger partial charge is 0.134 e. The number of furan rings is 1. The maximum Gasteiger partial charge on any atom is 0.134 e. The third-order valence-electron chi connectivity index (χ3n) is 3.15. The Morgan fingerprint density at radius 3 is 3.05 bits per heavy atom. The number of aromatic nitrogens is 2. The van der Waals surface area contributed by atoms with Crippen molar-refractivity contribution < 1.29 is 4.42 Å². The van der Waals surface area contributed by atoms with Gasteiger partial charge in [0, 0.05) is 30.4 Å². The fraction of sp³-hybridized carbons (Fsp3) is 0.267. The first-order valence-corrected chi connectivity index (χ1v) is 6.48. The minimum absolute atomic E-state index is 0.363. The van der Waals surface area contributed by atoms with Gasteiger partial charge >= 0.3 is 0 Å². The first kappa shape index (κ1) is 12.0. The van der Waals surface area contributed by atoms with Crippen LogP contribution >= 0.6 is 0 Å². The van der Waals surface area contributed by atoms with E-state index in [0.717, 1.165) is 29.8 Å². The summed E-state index contributed by atoms with van der Waals surface area (Å²) in [5.74, 6) is 0.971. The van der Waals surface area contributed by atoms with E-state index in [1.807, 2.05) is 30.7 Å². The predicted octanol–water partition coefficient (Wildman–Crippen LogP) is 2.81. The van der Waals surface area contributed by atoms with E-state index in [9.17, 15) is 0 Å². The van der Waals surface area contributed by atoms with Crippen LogP contribution in [0, 0.1) is 0 Å². The summed E-state index contributed by atoms with van der Waals surface area (Å²) < 4.78 is 7.84. The summed E-state index contributed by atoms with van der Waals surface area (Å²) in [6.07, 6.45) is 5.60. The quantitative estimate of drug-likeness (QED) is 0.762. The maximum atomic E-state index is 5.77. The molecule has 3 aromatic rings. The van der Waals surface area contributed by atoms with Gasteiger partial charge in [0.1, 0.15) is 11.3 Å². The molecule has 0 saturated carbocycles. The lowest BCUT2D eigenvalue weighted by Crippen LogP contribution is -2.29. The normalized spacial score (nSPS) is 12.9. The van der Waals surface area contributed by atoms with Gasteiger partial charge < -0.3 is 14.3 Å². The highest BCUT2D eigenvalue weighted by atomic mass is 16.3. The monoisotopic (exact) mass is 255 g/mol. The Labute approximate surface area is 112 Å². The average molecular weight is 255 g/mol. The van der Waals surface area contributed by atoms with E-state index in [0.29, 0.717) is 6.04 Å². The van der Waals surface area contributed by atoms with Crippen LogP contribution in [-0.4, -0.2) is 15.6 Å². The highest BCUT2D eigenvalue weighted by Gasteiger charge is 2.06. The second-order valence-corrected chi connectivity index (χ2v) is 4.79. The summed E-state index contributed by atoms with van der Waals surface area (Å²) >= 11 is 0. The third-order valence-corrected chi connectivity index (χ3v) is 3.15. The van der Waals surface area contributed by atoms with E-state index < -0.39 is 0 Å². The Morgan fingerprint density at radius 1 is 1.37 bits per heavy atom. The molecule has 2 heterocycles. The number of rotatable bonds is 5. The molecule has 0 fully saturated rings. The number of benzene rings is 1. The van der Waals surface area contributed by atoms with Crippen LogP contribution in [0.1, 0.15) is 12.7 Å². The predicted molar refractivity (Wildman–Crippen MR) is 74.7 cm³/mol. The molecule has 4 heteroatoms. The number of fused-ring (bicyclic) bond motifs is 1. The summed E-state index contributed by atoms with van der Waals surface area (Å²) in [5.41, 5.74) is 0.946. The van der Waals surface area contributed by atoms with Crippen molar-refractivity contribution in [3.63, 3.8) is 0 Å². The number of nitrogens with one attached hydrogen (secondary N) is 1. The van der Waals surface area contributed by atoms with Crippen LogP contribution < -0.4 is 5.32 Å². The van der Waals surface area contributed by atoms with Crippen LogP contribution in [0.5, 0.6) is 0 Å². The molecule has 1 aromatic carbocycles. The topological polar surface area (TPSA) is 43.0 Å². The van der Waals surface area contributed by atoms with E-state index >= 15 is 0 Å². The average Bonchev–Trinajstić information content (AvgIpc) is 3.04. The fourth-order valence-electron chi connectivity index (χ4n) is 2.17. The lowest BCUT2D eigenvalue weighted by Gasteiger charge is -2.13. The van der Waals surface area contributed by atoms with Crippen LogP contribution in [0.4, 0.5) is 0 Å². The van der Waals surface area contributed by atoms with Gasteiger partial charge in [-0.25, -0.2) is 4.98 Å². The lowest BCUT2D eigenvalue weighted by atomic mass is 10.2. The van der Waals surface area contributed by atoms with E-state index in [4.69, 9.17) is 4.42 Å². The standard InChI is InChI=1S/C15H17N3O/c1-12(10-18-7-6-16-11-18)17-9-14-8-13-4-2-3-5-15(13)19-14/h2-8,11-12,17H,9-10H2,1H3. The Bertz CT molecular complexity index is 609. The fourth-order valence-corrected chi connectivity index (χ4v) is 2.17. The van der Waals surface area contributed by atoms with E-state index in [-0.39, 0.29) is 0 Å². The first-order valence-electron chi connectivity index (χ1n) is 6.48. The molecule has 0 radical (unpaired) electrons. The van der Waals surface area contributed by atoms with Crippen molar-refractivity contribution in [2.24, 2.45) is 0 Å². The zero-order valence-electron chi connectivity index (χ0n) is 10.9. The van der Waals surface area contributed by atoms with Crippen LogP contribution in [0.25, 0.3) is 11.0 Å². The minimum atomic E-state index is 0.363. The van der Waals surface area contributed by atoms with E-state index in [1.54, 1.807) is 6.20 Å². The molecule has 0 aliphatic rings. The SMILES string of the molecule is CC(Cn1ccnc1)NCc1cc2ccccc2o1. The summed E-state index contributed by atoms with van der Waals surface area (Å²) in [7, 11) is 0. The molecule has 0 spiro atoms. The van der Waals surface area contributed by atoms with Gasteiger partial charge in [0.05, 0.1) is 12.9 Å². The number of para-hydroxylation sites is 1. The maximum absolute atomic E-state index is 5.77. The molecule has 1 unspecified atom stereocenters. The zero-order valence-corrected chi connectivity index (χ0v) is 10.9. The van der Waals surface area contributed by atoms with Crippen molar-refractivity contribution in [3.8, 4) is 0 Å². The van der Waals surface area contributed by atoms with Gasteiger partial charge in [-0.3, -0.25) is 0 Å². The van der Waals surface area contributed by atoms with E-state index in [2.05, 4.69) is 33.9 Å². The first-order chi connectivity index (χ1) is 9.31. The number of imidazole rings is 1. The highest BCUT2D eigenvalue weighted by Crippen LogP contribution is 2.18. The molecule has 1 atom stereocenters. The van der Waals surface area contributed by atoms with Gasteiger partial charge in [0.2, 0.25) is 0 Å². The van der Waals surface area contributed by atoms with Crippen LogP contribution in [0.3, 0.4) is 0 Å². The Hall–Kier alpha value is -2.07. The van der Waals surface area contributed by atoms with Gasteiger partial charge in [-0.05, 0) is 19.1 Å². The van der Waals surface area contributed by atoms with Gasteiger partial charge in [-0.15, -0.1) is 0 Å². The third kappa shape index (κ3) is 2.85. The molecule has 98 valence electrons. The molecule has 0 saturated heterocycles. The Kier molecular flexibility index (Phi) is 3.33. The molecular weight excluding hydrogens is 238 g/mol. The van der Waals surface area contributed by atoms with Gasteiger partial charge in [0.25, 0.3) is 0 Å². The minimum Gasteiger partial charge on any atom is -0.460 e. The van der Waals surface area contributed by atoms with Crippen molar-refractivity contribution >= 4 is 11.0 Å². The molecule has 0 bridgehead atoms. The molecule has 2 aromatic heterocycles. The van der Waals surface area contributed by atoms with E-state index in [1.165, 1.54) is 0 Å². The van der Waals surface area contributed by atoms with Gasteiger partial charge in [-0.2, -0.15) is 0 Å². The molecule has 19 heavy (non-hydrogen) atoms. The molecule has 0 aliphatic carbocycles. The summed E-state index contributed by atoms with van der Waals surface area (Å²) in [5, 5.41) is 4.61. The largest absolute Gasteiger partial charge is 0.460 e. The Balaban J connectivity index is 1.59. The summed E-state index contributed by atoms with van der Waals surface area (Å²) in [6.45, 7) is 3.80. The van der Waals surface area contributed by atoms with Crippen LogP contribution in [0.2, 0.25) is 0 Å². The highest BCUT2D eigenvalue weighted by molar-refractivity contribution is 5.77. The van der Waals surface area contributed by atoms with Crippen LogP contribution in [0.15, 0.2) is 53.5 Å². The van der Waals surface area contributed by atoms with Crippen molar-refractivity contribution in [1.82, 2.24) is 14.9 Å². The summed E-state index contributed by atoms with van der Waals surface area (Å²) in [4.78, 5) is 4.04. The van der Waals surface area contributed by atoms with Crippen molar-refractivity contribution in [2.45, 2.75) is 26.1 Å². The molecule has 1 N–H and O–H groups in total. The van der Waals surface area contributed by atoms with Crippen molar-refractivity contribution in [1.29, 1.82) is 0 Å². The Morgan fingerprint density at radius 2 is 2.26 bits per heavy atom. The van der Waals surface area contributed by atoms with Crippen molar-refractivity contribution in [2.75, 3.05) is 0 Å². The lowest BCUT2D eigenvalue weighted by molar-refractivity contribution is 0.439. The van der Waals surface area contributed by atoms with Gasteiger partial charge in [0.15, 0.2) is 0 Å². The van der Waals surface area contributed by atoms with Gasteiger partial charge in [-0.1, -0.05) is 18.2 Å². The number of hydrogen-bond donors (Lipinski definition) is 1. The van der Waals surface area contributed by atoms with Crippen molar-refractivity contribution in [3.05, 3.63) is 54.8 Å². The number of hydrogen-bond acceptors (Lipinski definition) is 3. The second kappa shape index (κ2) is 5.28. The molecule has 4 nitrogen and oxygen atoms in total. The molecular formula is C15H17N3O. The zero-order chi connectivity index (χ0) is 13.1. The second-order valence-electron chi connectivity index (χ2n) is 4.79. The number of nitrogens with zero attached hydrogens (tertiary/aromatic N) is 2.